The Labute approximate surface area is 278 Å². The Morgan fingerprint density at radius 3 is 2.43 bits per heavy atom. The summed E-state index contributed by atoms with van der Waals surface area (Å²) in [5.74, 6) is 0.875. The second-order valence-corrected chi connectivity index (χ2v) is 13.0. The zero-order valence-electron chi connectivity index (χ0n) is 25.9. The van der Waals surface area contributed by atoms with Gasteiger partial charge < -0.3 is 9.30 Å². The minimum absolute atomic E-state index is 0.0788. The maximum absolute atomic E-state index is 13.9. The summed E-state index contributed by atoms with van der Waals surface area (Å²) in [5, 5.41) is 4.94. The number of quaternary nitrogens is 1. The molecule has 0 saturated heterocycles. The number of rotatable bonds is 9. The van der Waals surface area contributed by atoms with Crippen LogP contribution in [0.25, 0.3) is 5.57 Å². The van der Waals surface area contributed by atoms with Gasteiger partial charge in [0.1, 0.15) is 28.2 Å². The van der Waals surface area contributed by atoms with Gasteiger partial charge in [0, 0.05) is 60.4 Å². The number of nitrogens with zero attached hydrogens (tertiary/aromatic N) is 4. The van der Waals surface area contributed by atoms with Crippen LogP contribution in [-0.2, 0) is 23.9 Å². The predicted octanol–water partition coefficient (Wildman–Crippen LogP) is 7.28. The Morgan fingerprint density at radius 2 is 1.78 bits per heavy atom. The van der Waals surface area contributed by atoms with Crippen molar-refractivity contribution < 1.29 is 9.53 Å². The van der Waals surface area contributed by atoms with Gasteiger partial charge in [-0.25, -0.2) is 19.2 Å². The Bertz CT molecular complexity index is 1970. The Balaban J connectivity index is 1.47. The molecule has 3 aromatic carbocycles. The van der Waals surface area contributed by atoms with Crippen molar-refractivity contribution in [3.63, 3.8) is 0 Å². The van der Waals surface area contributed by atoms with E-state index in [1.807, 2.05) is 79.6 Å². The van der Waals surface area contributed by atoms with Crippen LogP contribution < -0.4 is 14.5 Å². The normalized spacial score (nSPS) is 18.9. The van der Waals surface area contributed by atoms with Gasteiger partial charge in [0.2, 0.25) is 0 Å². The highest BCUT2D eigenvalue weighted by Crippen LogP contribution is 2.48. The highest BCUT2D eigenvalue weighted by molar-refractivity contribution is 6.31. The van der Waals surface area contributed by atoms with Crippen molar-refractivity contribution in [3.8, 4) is 5.75 Å². The van der Waals surface area contributed by atoms with Crippen molar-refractivity contribution in [2.75, 3.05) is 14.2 Å². The molecule has 7 nitrogen and oxygen atoms in total. The Hall–Kier alpha value is -4.27. The first-order valence-electron chi connectivity index (χ1n) is 15.2. The number of aromatic nitrogens is 3. The van der Waals surface area contributed by atoms with E-state index in [1.54, 1.807) is 19.5 Å². The monoisotopic (exact) mass is 650 g/mol. The molecule has 0 radical (unpaired) electrons. The summed E-state index contributed by atoms with van der Waals surface area (Å²) in [6.07, 6.45) is 9.34. The topological polar surface area (TPSA) is 69.0 Å². The lowest BCUT2D eigenvalue weighted by Crippen LogP contribution is -2.54. The summed E-state index contributed by atoms with van der Waals surface area (Å²) in [5.41, 5.74) is 6.69. The second kappa shape index (κ2) is 11.8. The molecule has 9 heteroatoms. The molecule has 1 fully saturated rings. The van der Waals surface area contributed by atoms with E-state index in [0.29, 0.717) is 16.7 Å². The van der Waals surface area contributed by atoms with E-state index in [-0.39, 0.29) is 16.4 Å². The van der Waals surface area contributed by atoms with Gasteiger partial charge in [-0.15, -0.1) is 0 Å². The second-order valence-electron chi connectivity index (χ2n) is 12.2. The van der Waals surface area contributed by atoms with Gasteiger partial charge in [-0.3, -0.25) is 5.32 Å². The van der Waals surface area contributed by atoms with Gasteiger partial charge in [0.25, 0.3) is 0 Å². The van der Waals surface area contributed by atoms with E-state index < -0.39 is 5.54 Å². The summed E-state index contributed by atoms with van der Waals surface area (Å²) < 4.78 is 7.67. The van der Waals surface area contributed by atoms with Gasteiger partial charge in [-0.05, 0) is 53.1 Å². The standard InChI is InChI=1S/C37H34Cl2N5O2/c1-43-23-40-22-34(43)37(27-10-16-35(39)41-21-27,42-20-24-7-13-30(46-3)14-8-24)26-9-15-33-32(18-26)31(25-5-4-6-28(38)17-25)19-36(45)44(33,2)29-11-12-29/h4-10,13-19,21-23,29,42H,11-12,20H2,1-3H3/q+1. The fourth-order valence-electron chi connectivity index (χ4n) is 6.76. The average molecular weight is 652 g/mol. The number of ether oxygens (including phenoxy) is 1. The first-order chi connectivity index (χ1) is 22.2. The van der Waals surface area contributed by atoms with E-state index in [0.717, 1.165) is 63.4 Å². The molecule has 2 aromatic heterocycles. The first-order valence-corrected chi connectivity index (χ1v) is 16.0. The van der Waals surface area contributed by atoms with Gasteiger partial charge in [-0.1, -0.05) is 59.6 Å². The van der Waals surface area contributed by atoms with Crippen LogP contribution in [0, 0.1) is 0 Å². The number of hydrogen-bond acceptors (Lipinski definition) is 5. The molecule has 1 aliphatic heterocycles. The van der Waals surface area contributed by atoms with Crippen molar-refractivity contribution >= 4 is 40.4 Å². The van der Waals surface area contributed by atoms with Crippen LogP contribution in [-0.4, -0.2) is 40.6 Å². The van der Waals surface area contributed by atoms with Crippen LogP contribution in [0.3, 0.4) is 0 Å². The smallest absolute Gasteiger partial charge is 0.344 e. The third kappa shape index (κ3) is 5.13. The minimum atomic E-state index is -0.901. The molecule has 0 bridgehead atoms. The SMILES string of the molecule is COc1ccc(CNC(c2ccc(Cl)nc2)(c2ccc3c(c2)C(c2cccc(Cl)c2)=CC(=O)[N+]3(C)C2CC2)c2cncn2C)cc1. The number of nitrogens with one attached hydrogen (secondary N) is 1. The number of benzene rings is 3. The lowest BCUT2D eigenvalue weighted by atomic mass is 9.78. The molecule has 1 saturated carbocycles. The lowest BCUT2D eigenvalue weighted by molar-refractivity contribution is -0.124. The van der Waals surface area contributed by atoms with Crippen molar-refractivity contribution in [1.29, 1.82) is 0 Å². The molecule has 1 aliphatic carbocycles. The number of imidazole rings is 1. The lowest BCUT2D eigenvalue weighted by Gasteiger charge is -2.39. The highest BCUT2D eigenvalue weighted by atomic mass is 35.5. The Morgan fingerprint density at radius 1 is 1.00 bits per heavy atom. The number of fused-ring (bicyclic) bond motifs is 1. The maximum atomic E-state index is 13.9. The fourth-order valence-corrected chi connectivity index (χ4v) is 7.06. The quantitative estimate of drug-likeness (QED) is 0.134. The van der Waals surface area contributed by atoms with Crippen molar-refractivity contribution in [3.05, 3.63) is 147 Å². The zero-order chi connectivity index (χ0) is 32.1. The van der Waals surface area contributed by atoms with Crippen LogP contribution in [0.2, 0.25) is 10.2 Å². The number of aryl methyl sites for hydroxylation is 1. The molecule has 2 atom stereocenters. The van der Waals surface area contributed by atoms with Crippen LogP contribution in [0.5, 0.6) is 5.75 Å². The molecular formula is C37H34Cl2N5O2+. The average Bonchev–Trinajstić information content (AvgIpc) is 3.85. The third-order valence-electron chi connectivity index (χ3n) is 9.44. The van der Waals surface area contributed by atoms with Crippen molar-refractivity contribution in [2.24, 2.45) is 7.05 Å². The minimum Gasteiger partial charge on any atom is -0.497 e. The fraction of sp³-hybridized carbons (Fsp3) is 0.216. The van der Waals surface area contributed by atoms with Crippen LogP contribution in [0.1, 0.15) is 46.4 Å². The number of carbonyl (C=O) groups is 1. The van der Waals surface area contributed by atoms with E-state index in [2.05, 4.69) is 45.6 Å². The molecule has 3 heterocycles. The molecule has 1 amide bonds. The number of halogens is 2. The summed E-state index contributed by atoms with van der Waals surface area (Å²) in [6, 6.07) is 26.3. The van der Waals surface area contributed by atoms with E-state index in [1.165, 1.54) is 0 Å². The zero-order valence-corrected chi connectivity index (χ0v) is 27.4. The number of methoxy groups -OCH3 is 1. The number of pyridine rings is 1. The van der Waals surface area contributed by atoms with E-state index in [4.69, 9.17) is 27.9 Å². The van der Waals surface area contributed by atoms with Crippen LogP contribution in [0.4, 0.5) is 5.69 Å². The summed E-state index contributed by atoms with van der Waals surface area (Å²) in [7, 11) is 5.70. The molecule has 0 spiro atoms. The maximum Gasteiger partial charge on any atom is 0.344 e. The number of amides is 1. The molecule has 1 N–H and O–H groups in total. The molecule has 232 valence electrons. The molecule has 5 aromatic rings. The van der Waals surface area contributed by atoms with Gasteiger partial charge in [0.05, 0.1) is 38.5 Å². The Kier molecular flexibility index (Phi) is 7.81. The third-order valence-corrected chi connectivity index (χ3v) is 9.90. The number of hydrogen-bond donors (Lipinski definition) is 1. The van der Waals surface area contributed by atoms with Crippen molar-refractivity contribution in [1.82, 2.24) is 24.3 Å². The van der Waals surface area contributed by atoms with E-state index in [9.17, 15) is 4.79 Å². The van der Waals surface area contributed by atoms with Gasteiger partial charge in [0.15, 0.2) is 0 Å². The summed E-state index contributed by atoms with van der Waals surface area (Å²) in [4.78, 5) is 23.0. The highest BCUT2D eigenvalue weighted by Gasteiger charge is 2.52. The molecular weight excluding hydrogens is 617 g/mol. The number of carbonyl (C=O) groups excluding carboxylic acids is 1. The molecule has 2 aliphatic rings. The van der Waals surface area contributed by atoms with Gasteiger partial charge >= 0.3 is 5.91 Å². The van der Waals surface area contributed by atoms with Gasteiger partial charge in [-0.2, -0.15) is 0 Å². The largest absolute Gasteiger partial charge is 0.497 e. The van der Waals surface area contributed by atoms with E-state index >= 15 is 0 Å². The van der Waals surface area contributed by atoms with Crippen molar-refractivity contribution in [2.45, 2.75) is 31.0 Å². The predicted molar refractivity (Wildman–Crippen MR) is 183 cm³/mol. The first kappa shape index (κ1) is 30.4. The molecule has 46 heavy (non-hydrogen) atoms. The molecule has 7 rings (SSSR count). The van der Waals surface area contributed by atoms with Crippen LogP contribution >= 0.6 is 23.2 Å². The summed E-state index contributed by atoms with van der Waals surface area (Å²) >= 11 is 12.8. The summed E-state index contributed by atoms with van der Waals surface area (Å²) in [6.45, 7) is 0.528. The molecule has 2 unspecified atom stereocenters. The number of likely N-dealkylation sites (N-methyl/N-ethyl adjacent to an activating group) is 1. The van der Waals surface area contributed by atoms with Crippen LogP contribution in [0.15, 0.2) is 104 Å².